The number of hydrogen-bond donors (Lipinski definition) is 2. The summed E-state index contributed by atoms with van der Waals surface area (Å²) < 4.78 is 0. The molecule has 7 nitrogen and oxygen atoms in total. The topological polar surface area (TPSA) is 90.0 Å². The molecule has 3 amide bonds. The second kappa shape index (κ2) is 13.8. The lowest BCUT2D eigenvalue weighted by atomic mass is 9.99. The van der Waals surface area contributed by atoms with Crippen LogP contribution in [0.5, 0.6) is 0 Å². The van der Waals surface area contributed by atoms with Gasteiger partial charge < -0.3 is 20.2 Å². The van der Waals surface area contributed by atoms with E-state index in [1.807, 2.05) is 53.9 Å². The number of carbonyl (C=O) groups is 3. The zero-order valence-electron chi connectivity index (χ0n) is 23.0. The van der Waals surface area contributed by atoms with Gasteiger partial charge >= 0.3 is 6.09 Å². The van der Waals surface area contributed by atoms with E-state index in [2.05, 4.69) is 23.5 Å². The van der Waals surface area contributed by atoms with E-state index in [1.165, 1.54) is 15.9 Å². The average molecular weight is 548 g/mol. The molecule has 0 aliphatic carbocycles. The van der Waals surface area contributed by atoms with Crippen molar-refractivity contribution in [1.29, 1.82) is 0 Å². The Labute approximate surface area is 234 Å². The van der Waals surface area contributed by atoms with Crippen molar-refractivity contribution in [2.75, 3.05) is 20.6 Å². The van der Waals surface area contributed by atoms with Crippen molar-refractivity contribution in [3.63, 3.8) is 0 Å². The molecule has 3 rings (SSSR count). The summed E-state index contributed by atoms with van der Waals surface area (Å²) >= 11 is 1.66. The van der Waals surface area contributed by atoms with Gasteiger partial charge in [-0.25, -0.2) is 4.79 Å². The predicted octanol–water partition coefficient (Wildman–Crippen LogP) is 5.48. The van der Waals surface area contributed by atoms with Crippen molar-refractivity contribution >= 4 is 29.2 Å². The number of carboxylic acid groups (broad SMARTS) is 1. The van der Waals surface area contributed by atoms with E-state index >= 15 is 0 Å². The van der Waals surface area contributed by atoms with Crippen LogP contribution in [0, 0.1) is 0 Å². The van der Waals surface area contributed by atoms with E-state index in [-0.39, 0.29) is 11.8 Å². The molecule has 8 heteroatoms. The quantitative estimate of drug-likeness (QED) is 0.294. The fourth-order valence-corrected chi connectivity index (χ4v) is 4.94. The van der Waals surface area contributed by atoms with Crippen LogP contribution in [0.3, 0.4) is 0 Å². The summed E-state index contributed by atoms with van der Waals surface area (Å²) in [4.78, 5) is 42.1. The van der Waals surface area contributed by atoms with Crippen LogP contribution in [-0.2, 0) is 22.4 Å². The smallest absolute Gasteiger partial charge is 0.405 e. The van der Waals surface area contributed by atoms with Crippen molar-refractivity contribution < 1.29 is 19.5 Å². The van der Waals surface area contributed by atoms with E-state index in [1.54, 1.807) is 50.3 Å². The van der Waals surface area contributed by atoms with Gasteiger partial charge in [0.25, 0.3) is 0 Å². The Morgan fingerprint density at radius 1 is 0.974 bits per heavy atom. The summed E-state index contributed by atoms with van der Waals surface area (Å²) in [6, 6.07) is 21.5. The summed E-state index contributed by atoms with van der Waals surface area (Å²) in [5, 5.41) is 13.5. The Hall–Kier alpha value is -3.91. The number of nitrogens with zero attached hydrogens (tertiary/aromatic N) is 2. The molecule has 0 saturated carbocycles. The molecule has 206 valence electrons. The van der Waals surface area contributed by atoms with Crippen molar-refractivity contribution in [2.45, 2.75) is 44.7 Å². The number of benzene rings is 2. The van der Waals surface area contributed by atoms with E-state index in [9.17, 15) is 14.4 Å². The van der Waals surface area contributed by atoms with Crippen LogP contribution in [0.25, 0.3) is 11.1 Å². The SMILES string of the molecule is CN(CCc1cccs1)C(=O)[C@@H](Cc1ccc(-c2ccccc2)cc1)N(C)C(=O)/C=C/CC(C)(C)NC(=O)O. The monoisotopic (exact) mass is 547 g/mol. The lowest BCUT2D eigenvalue weighted by Gasteiger charge is -2.30. The maximum Gasteiger partial charge on any atom is 0.405 e. The minimum absolute atomic E-state index is 0.129. The number of thiophene rings is 1. The molecule has 0 unspecified atom stereocenters. The van der Waals surface area contributed by atoms with Crippen LogP contribution in [0.15, 0.2) is 84.3 Å². The van der Waals surface area contributed by atoms with Gasteiger partial charge in [0.05, 0.1) is 0 Å². The number of rotatable bonds is 12. The van der Waals surface area contributed by atoms with Crippen LogP contribution >= 0.6 is 11.3 Å². The first-order valence-corrected chi connectivity index (χ1v) is 13.8. The molecule has 2 aromatic carbocycles. The Kier molecular flexibility index (Phi) is 10.5. The van der Waals surface area contributed by atoms with Crippen molar-refractivity contribution in [3.8, 4) is 11.1 Å². The zero-order chi connectivity index (χ0) is 28.4. The first-order chi connectivity index (χ1) is 18.6. The molecular formula is C31H37N3O4S. The van der Waals surface area contributed by atoms with Crippen molar-refractivity contribution in [3.05, 3.63) is 94.7 Å². The lowest BCUT2D eigenvalue weighted by Crippen LogP contribution is -2.49. The van der Waals surface area contributed by atoms with Gasteiger partial charge in [0, 0.05) is 37.5 Å². The molecule has 0 radical (unpaired) electrons. The predicted molar refractivity (Wildman–Crippen MR) is 157 cm³/mol. The normalized spacial score (nSPS) is 12.2. The van der Waals surface area contributed by atoms with Crippen LogP contribution in [0.1, 0.15) is 30.7 Å². The van der Waals surface area contributed by atoms with E-state index in [4.69, 9.17) is 5.11 Å². The molecule has 1 atom stereocenters. The third-order valence-corrected chi connectivity index (χ3v) is 7.51. The second-order valence-electron chi connectivity index (χ2n) is 10.2. The number of amides is 3. The molecule has 0 saturated heterocycles. The van der Waals surface area contributed by atoms with Crippen LogP contribution in [-0.4, -0.2) is 65.0 Å². The van der Waals surface area contributed by atoms with Gasteiger partial charge in [0.15, 0.2) is 0 Å². The summed E-state index contributed by atoms with van der Waals surface area (Å²) in [7, 11) is 3.41. The van der Waals surface area contributed by atoms with Gasteiger partial charge in [-0.3, -0.25) is 9.59 Å². The molecule has 0 bridgehead atoms. The molecule has 1 aromatic heterocycles. The second-order valence-corrected chi connectivity index (χ2v) is 11.3. The highest BCUT2D eigenvalue weighted by Gasteiger charge is 2.29. The standard InChI is InChI=1S/C31H37N3O4S/c1-31(2,32-30(37)38)19-8-13-28(35)34(4)27(29(36)33(3)20-18-26-12-9-21-39-26)22-23-14-16-25(17-15-23)24-10-6-5-7-11-24/h5-17,21,27,32H,18-20,22H2,1-4H3,(H,37,38)/b13-8+/t27-/m1/s1. The van der Waals surface area contributed by atoms with Gasteiger partial charge in [0.2, 0.25) is 11.8 Å². The van der Waals surface area contributed by atoms with E-state index < -0.39 is 17.7 Å². The molecule has 0 aliphatic rings. The summed E-state index contributed by atoms with van der Waals surface area (Å²) in [6.45, 7) is 4.04. The number of nitrogens with one attached hydrogen (secondary N) is 1. The van der Waals surface area contributed by atoms with Gasteiger partial charge in [0.1, 0.15) is 6.04 Å². The largest absolute Gasteiger partial charge is 0.465 e. The van der Waals surface area contributed by atoms with E-state index in [0.717, 1.165) is 23.1 Å². The zero-order valence-corrected chi connectivity index (χ0v) is 23.8. The fraction of sp³-hybridized carbons (Fsp3) is 0.323. The Morgan fingerprint density at radius 3 is 2.26 bits per heavy atom. The Morgan fingerprint density at radius 2 is 1.64 bits per heavy atom. The molecule has 3 aromatic rings. The molecular weight excluding hydrogens is 510 g/mol. The first-order valence-electron chi connectivity index (χ1n) is 12.9. The average Bonchev–Trinajstić information content (AvgIpc) is 3.43. The third kappa shape index (κ3) is 9.11. The van der Waals surface area contributed by atoms with Gasteiger partial charge in [-0.05, 0) is 60.9 Å². The Bertz CT molecular complexity index is 1250. The van der Waals surface area contributed by atoms with Gasteiger partial charge in [-0.2, -0.15) is 0 Å². The molecule has 39 heavy (non-hydrogen) atoms. The minimum atomic E-state index is -1.12. The van der Waals surface area contributed by atoms with Gasteiger partial charge in [-0.15, -0.1) is 11.3 Å². The minimum Gasteiger partial charge on any atom is -0.465 e. The highest BCUT2D eigenvalue weighted by molar-refractivity contribution is 7.09. The molecule has 0 fully saturated rings. The third-order valence-electron chi connectivity index (χ3n) is 6.57. The highest BCUT2D eigenvalue weighted by atomic mass is 32.1. The summed E-state index contributed by atoms with van der Waals surface area (Å²) in [5.74, 6) is -0.442. The summed E-state index contributed by atoms with van der Waals surface area (Å²) in [6.07, 6.45) is 3.40. The number of likely N-dealkylation sites (N-methyl/N-ethyl adjacent to an activating group) is 2. The van der Waals surface area contributed by atoms with Crippen LogP contribution in [0.2, 0.25) is 0 Å². The Balaban J connectivity index is 1.76. The molecule has 0 aliphatic heterocycles. The van der Waals surface area contributed by atoms with Crippen molar-refractivity contribution in [1.82, 2.24) is 15.1 Å². The first kappa shape index (κ1) is 29.6. The molecule has 1 heterocycles. The van der Waals surface area contributed by atoms with E-state index in [0.29, 0.717) is 19.4 Å². The molecule has 0 spiro atoms. The maximum absolute atomic E-state index is 13.6. The highest BCUT2D eigenvalue weighted by Crippen LogP contribution is 2.21. The maximum atomic E-state index is 13.6. The number of carbonyl (C=O) groups excluding carboxylic acids is 2. The van der Waals surface area contributed by atoms with Crippen LogP contribution in [0.4, 0.5) is 4.79 Å². The van der Waals surface area contributed by atoms with Crippen LogP contribution < -0.4 is 5.32 Å². The fourth-order valence-electron chi connectivity index (χ4n) is 4.24. The lowest BCUT2D eigenvalue weighted by molar-refractivity contribution is -0.141. The number of hydrogen-bond acceptors (Lipinski definition) is 4. The molecule has 2 N–H and O–H groups in total. The van der Waals surface area contributed by atoms with Crippen molar-refractivity contribution in [2.24, 2.45) is 0 Å². The summed E-state index contributed by atoms with van der Waals surface area (Å²) in [5.41, 5.74) is 2.43. The van der Waals surface area contributed by atoms with Gasteiger partial charge in [-0.1, -0.05) is 66.7 Å².